The lowest BCUT2D eigenvalue weighted by atomic mass is 9.92. The number of halogens is 2. The molecule has 1 fully saturated rings. The Hall–Kier alpha value is -3.32. The number of hydrogen-bond donors (Lipinski definition) is 3. The van der Waals surface area contributed by atoms with E-state index in [-0.39, 0.29) is 22.9 Å². The number of aromatic nitrogens is 1. The molecule has 4 N–H and O–H groups in total. The highest BCUT2D eigenvalue weighted by Crippen LogP contribution is 2.35. The fourth-order valence-electron chi connectivity index (χ4n) is 4.22. The molecule has 2 aliphatic heterocycles. The second kappa shape index (κ2) is 7.74. The van der Waals surface area contributed by atoms with Gasteiger partial charge in [0, 0.05) is 28.8 Å². The minimum Gasteiger partial charge on any atom is -0.383 e. The number of amides is 1. The summed E-state index contributed by atoms with van der Waals surface area (Å²) < 4.78 is 29.6. The Bertz CT molecular complexity index is 1170. The van der Waals surface area contributed by atoms with E-state index in [1.54, 1.807) is 6.07 Å². The minimum atomic E-state index is -0.699. The van der Waals surface area contributed by atoms with E-state index in [0.29, 0.717) is 35.6 Å². The average molecular weight is 420 g/mol. The van der Waals surface area contributed by atoms with Crippen LogP contribution in [-0.4, -0.2) is 30.5 Å². The number of nitrogens with one attached hydrogen (secondary N) is 2. The molecule has 5 rings (SSSR count). The van der Waals surface area contributed by atoms with E-state index in [4.69, 9.17) is 5.73 Å². The molecule has 7 heteroatoms. The molecule has 0 atom stereocenters. The zero-order chi connectivity index (χ0) is 21.5. The molecule has 0 aliphatic carbocycles. The van der Waals surface area contributed by atoms with Gasteiger partial charge in [-0.1, -0.05) is 24.3 Å². The SMILES string of the molecule is Nc1nc(F)c(-c2ccc(CC3CNC3)cc2)cc1-c1cc2c(cc1F)C(=O)NCC2. The highest BCUT2D eigenvalue weighted by molar-refractivity contribution is 5.97. The van der Waals surface area contributed by atoms with Crippen molar-refractivity contribution in [1.29, 1.82) is 0 Å². The summed E-state index contributed by atoms with van der Waals surface area (Å²) in [6, 6.07) is 12.1. The van der Waals surface area contributed by atoms with E-state index in [0.717, 1.165) is 25.1 Å². The first-order chi connectivity index (χ1) is 15.0. The third-order valence-electron chi connectivity index (χ3n) is 6.07. The summed E-state index contributed by atoms with van der Waals surface area (Å²) in [6.07, 6.45) is 1.57. The normalized spacial score (nSPS) is 15.9. The Kier molecular flexibility index (Phi) is 4.90. The summed E-state index contributed by atoms with van der Waals surface area (Å²) in [7, 11) is 0. The van der Waals surface area contributed by atoms with Crippen molar-refractivity contribution in [1.82, 2.24) is 15.6 Å². The summed E-state index contributed by atoms with van der Waals surface area (Å²) in [5.74, 6) is -1.03. The number of fused-ring (bicyclic) bond motifs is 1. The Morgan fingerprint density at radius 1 is 1.00 bits per heavy atom. The molecule has 0 spiro atoms. The molecule has 158 valence electrons. The number of nitrogens with zero attached hydrogens (tertiary/aromatic N) is 1. The highest BCUT2D eigenvalue weighted by Gasteiger charge is 2.22. The summed E-state index contributed by atoms with van der Waals surface area (Å²) in [6.45, 7) is 2.54. The van der Waals surface area contributed by atoms with Crippen molar-refractivity contribution >= 4 is 11.7 Å². The van der Waals surface area contributed by atoms with E-state index in [2.05, 4.69) is 15.6 Å². The summed E-state index contributed by atoms with van der Waals surface area (Å²) in [4.78, 5) is 15.8. The molecule has 2 aromatic carbocycles. The van der Waals surface area contributed by atoms with Gasteiger partial charge in [0.05, 0.1) is 0 Å². The number of anilines is 1. The van der Waals surface area contributed by atoms with Gasteiger partial charge in [0.2, 0.25) is 5.95 Å². The predicted molar refractivity (Wildman–Crippen MR) is 116 cm³/mol. The van der Waals surface area contributed by atoms with Gasteiger partial charge < -0.3 is 16.4 Å². The molecule has 31 heavy (non-hydrogen) atoms. The molecule has 3 heterocycles. The Balaban J connectivity index is 1.53. The maximum absolute atomic E-state index is 14.9. The highest BCUT2D eigenvalue weighted by atomic mass is 19.1. The fourth-order valence-corrected chi connectivity index (χ4v) is 4.22. The minimum absolute atomic E-state index is 0.0885. The lowest BCUT2D eigenvalue weighted by molar-refractivity contribution is 0.0945. The third kappa shape index (κ3) is 3.65. The van der Waals surface area contributed by atoms with Crippen molar-refractivity contribution in [2.24, 2.45) is 5.92 Å². The van der Waals surface area contributed by atoms with Crippen LogP contribution < -0.4 is 16.4 Å². The zero-order valence-electron chi connectivity index (χ0n) is 16.8. The Labute approximate surface area is 178 Å². The second-order valence-corrected chi connectivity index (χ2v) is 8.18. The van der Waals surface area contributed by atoms with Crippen LogP contribution >= 0.6 is 0 Å². The first-order valence-corrected chi connectivity index (χ1v) is 10.4. The van der Waals surface area contributed by atoms with E-state index < -0.39 is 11.8 Å². The van der Waals surface area contributed by atoms with Crippen LogP contribution in [0.4, 0.5) is 14.6 Å². The molecular weight excluding hydrogens is 398 g/mol. The largest absolute Gasteiger partial charge is 0.383 e. The van der Waals surface area contributed by atoms with Crippen molar-refractivity contribution < 1.29 is 13.6 Å². The zero-order valence-corrected chi connectivity index (χ0v) is 16.8. The quantitative estimate of drug-likeness (QED) is 0.566. The van der Waals surface area contributed by atoms with Crippen molar-refractivity contribution in [2.45, 2.75) is 12.8 Å². The topological polar surface area (TPSA) is 80.0 Å². The standard InChI is InChI=1S/C24H22F2N4O/c25-21-10-18-16(5-6-29-24(18)31)8-19(21)20-9-17(22(26)30-23(20)27)15-3-1-13(2-4-15)7-14-11-28-12-14/h1-4,8-10,14,28H,5-7,11-12H2,(H2,27,30)(H,29,31). The van der Waals surface area contributed by atoms with Gasteiger partial charge in [-0.25, -0.2) is 9.37 Å². The smallest absolute Gasteiger partial charge is 0.251 e. The lowest BCUT2D eigenvalue weighted by Crippen LogP contribution is -2.43. The van der Waals surface area contributed by atoms with Gasteiger partial charge in [0.25, 0.3) is 5.91 Å². The van der Waals surface area contributed by atoms with Crippen molar-refractivity contribution in [3.63, 3.8) is 0 Å². The Morgan fingerprint density at radius 3 is 2.48 bits per heavy atom. The van der Waals surface area contributed by atoms with Gasteiger partial charge in [-0.2, -0.15) is 4.39 Å². The molecule has 5 nitrogen and oxygen atoms in total. The number of benzene rings is 2. The Morgan fingerprint density at radius 2 is 1.77 bits per heavy atom. The second-order valence-electron chi connectivity index (χ2n) is 8.18. The maximum Gasteiger partial charge on any atom is 0.251 e. The molecule has 1 aromatic heterocycles. The molecule has 0 bridgehead atoms. The van der Waals surface area contributed by atoms with Crippen molar-refractivity contribution in [3.05, 3.63) is 70.9 Å². The van der Waals surface area contributed by atoms with Gasteiger partial charge in [0.15, 0.2) is 0 Å². The molecule has 1 saturated heterocycles. The fraction of sp³-hybridized carbons (Fsp3) is 0.250. The molecule has 2 aliphatic rings. The van der Waals surface area contributed by atoms with Gasteiger partial charge >= 0.3 is 0 Å². The van der Waals surface area contributed by atoms with Crippen molar-refractivity contribution in [2.75, 3.05) is 25.4 Å². The molecule has 0 radical (unpaired) electrons. The number of rotatable bonds is 4. The van der Waals surface area contributed by atoms with Crippen LogP contribution in [0.25, 0.3) is 22.3 Å². The maximum atomic E-state index is 14.9. The number of nitrogens with two attached hydrogens (primary N) is 1. The van der Waals surface area contributed by atoms with Crippen LogP contribution in [0.15, 0.2) is 42.5 Å². The molecular formula is C24H22F2N4O. The van der Waals surface area contributed by atoms with Gasteiger partial charge in [0.1, 0.15) is 11.6 Å². The summed E-state index contributed by atoms with van der Waals surface area (Å²) in [5.41, 5.74) is 9.66. The van der Waals surface area contributed by atoms with Gasteiger partial charge in [-0.15, -0.1) is 0 Å². The monoisotopic (exact) mass is 420 g/mol. The van der Waals surface area contributed by atoms with Gasteiger partial charge in [-0.3, -0.25) is 4.79 Å². The van der Waals surface area contributed by atoms with Crippen LogP contribution in [0, 0.1) is 17.7 Å². The van der Waals surface area contributed by atoms with Crippen LogP contribution in [-0.2, 0) is 12.8 Å². The number of carbonyl (C=O) groups is 1. The molecule has 0 unspecified atom stereocenters. The number of pyridine rings is 1. The van der Waals surface area contributed by atoms with E-state index >= 15 is 0 Å². The first kappa shape index (κ1) is 19.6. The average Bonchev–Trinajstić information content (AvgIpc) is 2.72. The van der Waals surface area contributed by atoms with Crippen molar-refractivity contribution in [3.8, 4) is 22.3 Å². The third-order valence-corrected chi connectivity index (χ3v) is 6.07. The first-order valence-electron chi connectivity index (χ1n) is 10.4. The van der Waals surface area contributed by atoms with E-state index in [1.165, 1.54) is 17.7 Å². The summed E-state index contributed by atoms with van der Waals surface area (Å²) in [5, 5.41) is 5.96. The van der Waals surface area contributed by atoms with Crippen LogP contribution in [0.3, 0.4) is 0 Å². The predicted octanol–water partition coefficient (Wildman–Crippen LogP) is 3.32. The van der Waals surface area contributed by atoms with E-state index in [9.17, 15) is 13.6 Å². The number of nitrogen functional groups attached to an aromatic ring is 1. The summed E-state index contributed by atoms with van der Waals surface area (Å²) >= 11 is 0. The number of hydrogen-bond acceptors (Lipinski definition) is 4. The molecule has 3 aromatic rings. The van der Waals surface area contributed by atoms with Crippen LogP contribution in [0.5, 0.6) is 0 Å². The lowest BCUT2D eigenvalue weighted by Gasteiger charge is -2.27. The number of carbonyl (C=O) groups excluding carboxylic acids is 1. The molecule has 1 amide bonds. The van der Waals surface area contributed by atoms with Crippen LogP contribution in [0.1, 0.15) is 21.5 Å². The van der Waals surface area contributed by atoms with E-state index in [1.807, 2.05) is 24.3 Å². The molecule has 0 saturated carbocycles. The van der Waals surface area contributed by atoms with Gasteiger partial charge in [-0.05, 0) is 66.7 Å². The van der Waals surface area contributed by atoms with Crippen LogP contribution in [0.2, 0.25) is 0 Å².